The van der Waals surface area contributed by atoms with Gasteiger partial charge in [-0.25, -0.2) is 0 Å². The maximum atomic E-state index is 6.36. The molecule has 2 unspecified atom stereocenters. The van der Waals surface area contributed by atoms with E-state index in [4.69, 9.17) is 10.5 Å². The van der Waals surface area contributed by atoms with E-state index in [0.717, 1.165) is 25.9 Å². The summed E-state index contributed by atoms with van der Waals surface area (Å²) < 4.78 is 5.86. The van der Waals surface area contributed by atoms with E-state index in [9.17, 15) is 0 Å². The molecule has 0 spiro atoms. The number of hydrogen-bond donors (Lipinski definition) is 1. The molecule has 17 heavy (non-hydrogen) atoms. The van der Waals surface area contributed by atoms with Crippen LogP contribution in [-0.2, 0) is 11.2 Å². The van der Waals surface area contributed by atoms with Gasteiger partial charge < -0.3 is 10.5 Å². The molecule has 1 aliphatic heterocycles. The van der Waals surface area contributed by atoms with Gasteiger partial charge in [0.05, 0.1) is 6.61 Å². The van der Waals surface area contributed by atoms with E-state index in [2.05, 4.69) is 25.3 Å². The number of fused-ring (bicyclic) bond motifs is 1. The predicted molar refractivity (Wildman–Crippen MR) is 75.6 cm³/mol. The smallest absolute Gasteiger partial charge is 0.101 e. The molecular weight excluding hydrogens is 230 g/mol. The highest BCUT2D eigenvalue weighted by Crippen LogP contribution is 2.38. The molecule has 0 radical (unpaired) electrons. The minimum atomic E-state index is -0.231. The fraction of sp³-hybridized carbons (Fsp3) is 0.714. The maximum absolute atomic E-state index is 6.36. The van der Waals surface area contributed by atoms with E-state index in [0.29, 0.717) is 0 Å². The van der Waals surface area contributed by atoms with E-state index in [-0.39, 0.29) is 11.6 Å². The van der Waals surface area contributed by atoms with Gasteiger partial charge in [-0.15, -0.1) is 11.3 Å². The molecule has 98 valence electrons. The van der Waals surface area contributed by atoms with Crippen molar-refractivity contribution < 1.29 is 4.74 Å². The molecule has 0 saturated carbocycles. The molecule has 2 atom stereocenters. The van der Waals surface area contributed by atoms with Crippen LogP contribution in [0.15, 0.2) is 11.4 Å². The lowest BCUT2D eigenvalue weighted by atomic mass is 9.85. The van der Waals surface area contributed by atoms with Gasteiger partial charge in [0, 0.05) is 16.8 Å². The zero-order valence-electron chi connectivity index (χ0n) is 11.5. The van der Waals surface area contributed by atoms with Crippen molar-refractivity contribution >= 4 is 11.3 Å². The molecule has 0 fully saturated rings. The summed E-state index contributed by atoms with van der Waals surface area (Å²) in [5.41, 5.74) is 7.45. The third-order valence-corrected chi connectivity index (χ3v) is 4.06. The lowest BCUT2D eigenvalue weighted by Crippen LogP contribution is -2.45. The molecule has 0 aliphatic carbocycles. The summed E-state index contributed by atoms with van der Waals surface area (Å²) >= 11 is 1.83. The van der Waals surface area contributed by atoms with Crippen LogP contribution < -0.4 is 5.73 Å². The molecule has 1 aromatic rings. The first-order chi connectivity index (χ1) is 8.15. The van der Waals surface area contributed by atoms with Crippen molar-refractivity contribution in [2.75, 3.05) is 6.61 Å². The zero-order chi connectivity index (χ0) is 12.9. The largest absolute Gasteiger partial charge is 0.371 e. The number of ether oxygens (including phenoxy) is 1. The maximum Gasteiger partial charge on any atom is 0.101 e. The first-order valence-corrected chi connectivity index (χ1v) is 7.50. The van der Waals surface area contributed by atoms with Gasteiger partial charge in [0.1, 0.15) is 6.10 Å². The van der Waals surface area contributed by atoms with Gasteiger partial charge in [0.25, 0.3) is 0 Å². The van der Waals surface area contributed by atoms with Gasteiger partial charge in [0.15, 0.2) is 0 Å². The van der Waals surface area contributed by atoms with E-state index in [1.54, 1.807) is 0 Å². The summed E-state index contributed by atoms with van der Waals surface area (Å²) in [6.07, 6.45) is 3.25. The van der Waals surface area contributed by atoms with Crippen LogP contribution in [0.4, 0.5) is 0 Å². The van der Waals surface area contributed by atoms with Gasteiger partial charge in [-0.05, 0) is 30.4 Å². The molecule has 2 nitrogen and oxygen atoms in total. The average Bonchev–Trinajstić information content (AvgIpc) is 2.79. The second-order valence-electron chi connectivity index (χ2n) is 4.56. The molecule has 3 heteroatoms. The molecule has 1 aromatic heterocycles. The third kappa shape index (κ3) is 3.30. The van der Waals surface area contributed by atoms with Crippen molar-refractivity contribution in [1.29, 1.82) is 0 Å². The zero-order valence-corrected chi connectivity index (χ0v) is 12.3. The molecule has 0 aromatic carbocycles. The van der Waals surface area contributed by atoms with Gasteiger partial charge in [-0.3, -0.25) is 0 Å². The Kier molecular flexibility index (Phi) is 5.63. The standard InChI is InChI=1S/C12H19NOS.C2H6/c1-3-6-12(2,13)11-9-5-8-15-10(9)4-7-14-11;1-2/h5,8,11H,3-4,6-7,13H2,1-2H3;1-2H3. The monoisotopic (exact) mass is 255 g/mol. The average molecular weight is 255 g/mol. The molecular formula is C14H25NOS. The van der Waals surface area contributed by atoms with E-state index < -0.39 is 0 Å². The highest BCUT2D eigenvalue weighted by Gasteiger charge is 2.35. The minimum absolute atomic E-state index is 0.0902. The lowest BCUT2D eigenvalue weighted by molar-refractivity contribution is -0.00867. The Balaban J connectivity index is 0.000000686. The van der Waals surface area contributed by atoms with Crippen LogP contribution in [0.1, 0.15) is 57.1 Å². The second-order valence-corrected chi connectivity index (χ2v) is 5.56. The van der Waals surface area contributed by atoms with Gasteiger partial charge in [-0.1, -0.05) is 27.2 Å². The summed E-state index contributed by atoms with van der Waals surface area (Å²) in [4.78, 5) is 1.46. The van der Waals surface area contributed by atoms with Crippen LogP contribution in [-0.4, -0.2) is 12.1 Å². The minimum Gasteiger partial charge on any atom is -0.371 e. The van der Waals surface area contributed by atoms with Crippen LogP contribution in [0.2, 0.25) is 0 Å². The van der Waals surface area contributed by atoms with Crippen LogP contribution in [0.5, 0.6) is 0 Å². The molecule has 0 saturated heterocycles. The molecule has 1 aliphatic rings. The van der Waals surface area contributed by atoms with Crippen molar-refractivity contribution in [2.24, 2.45) is 5.73 Å². The fourth-order valence-corrected chi connectivity index (χ4v) is 3.25. The lowest BCUT2D eigenvalue weighted by Gasteiger charge is -2.36. The summed E-state index contributed by atoms with van der Waals surface area (Å²) in [6.45, 7) is 9.09. The van der Waals surface area contributed by atoms with Crippen molar-refractivity contribution in [3.8, 4) is 0 Å². The molecule has 2 N–H and O–H groups in total. The summed E-state index contributed by atoms with van der Waals surface area (Å²) in [5.74, 6) is 0. The topological polar surface area (TPSA) is 35.2 Å². The Morgan fingerprint density at radius 1 is 1.53 bits per heavy atom. The summed E-state index contributed by atoms with van der Waals surface area (Å²) in [7, 11) is 0. The van der Waals surface area contributed by atoms with Crippen LogP contribution >= 0.6 is 11.3 Å². The molecule has 2 rings (SSSR count). The van der Waals surface area contributed by atoms with Gasteiger partial charge in [0.2, 0.25) is 0 Å². The number of thiophene rings is 1. The van der Waals surface area contributed by atoms with E-state index in [1.807, 2.05) is 25.2 Å². The Bertz CT molecular complexity index is 333. The van der Waals surface area contributed by atoms with Crippen molar-refractivity contribution in [2.45, 2.75) is 58.6 Å². The normalized spacial score (nSPS) is 22.1. The quantitative estimate of drug-likeness (QED) is 0.889. The van der Waals surface area contributed by atoms with Gasteiger partial charge in [-0.2, -0.15) is 0 Å². The Morgan fingerprint density at radius 3 is 2.88 bits per heavy atom. The Morgan fingerprint density at radius 2 is 2.24 bits per heavy atom. The third-order valence-electron chi connectivity index (χ3n) is 3.06. The highest BCUT2D eigenvalue weighted by molar-refractivity contribution is 7.10. The first kappa shape index (κ1) is 14.7. The SMILES string of the molecule is CC.CCCC(C)(N)C1OCCc2sccc21. The van der Waals surface area contributed by atoms with Crippen molar-refractivity contribution in [1.82, 2.24) is 0 Å². The van der Waals surface area contributed by atoms with Crippen LogP contribution in [0, 0.1) is 0 Å². The first-order valence-electron chi connectivity index (χ1n) is 6.62. The van der Waals surface area contributed by atoms with Crippen LogP contribution in [0.3, 0.4) is 0 Å². The highest BCUT2D eigenvalue weighted by atomic mass is 32.1. The van der Waals surface area contributed by atoms with E-state index in [1.165, 1.54) is 10.4 Å². The molecule has 0 bridgehead atoms. The summed E-state index contributed by atoms with van der Waals surface area (Å²) in [5, 5.41) is 2.15. The predicted octanol–water partition coefficient (Wildman–Crippen LogP) is 3.91. The van der Waals surface area contributed by atoms with Crippen molar-refractivity contribution in [3.63, 3.8) is 0 Å². The second kappa shape index (κ2) is 6.53. The number of nitrogens with two attached hydrogens (primary N) is 1. The van der Waals surface area contributed by atoms with E-state index >= 15 is 0 Å². The number of hydrogen-bond acceptors (Lipinski definition) is 3. The Hall–Kier alpha value is -0.380. The fourth-order valence-electron chi connectivity index (χ4n) is 2.36. The Labute approximate surface area is 109 Å². The number of rotatable bonds is 3. The van der Waals surface area contributed by atoms with Gasteiger partial charge >= 0.3 is 0 Å². The molecule has 0 amide bonds. The molecule has 2 heterocycles. The van der Waals surface area contributed by atoms with Crippen molar-refractivity contribution in [3.05, 3.63) is 21.9 Å². The van der Waals surface area contributed by atoms with Crippen LogP contribution in [0.25, 0.3) is 0 Å². The summed E-state index contributed by atoms with van der Waals surface area (Å²) in [6, 6.07) is 2.17.